The molecule has 1 atom stereocenters. The number of fused-ring (bicyclic) bond motifs is 1. The van der Waals surface area contributed by atoms with Gasteiger partial charge in [0.05, 0.1) is 16.2 Å². The molecule has 3 aromatic rings. The summed E-state index contributed by atoms with van der Waals surface area (Å²) in [7, 11) is 1.62. The second kappa shape index (κ2) is 10.6. The molecule has 1 aliphatic rings. The summed E-state index contributed by atoms with van der Waals surface area (Å²) in [5.41, 5.74) is 2.03. The van der Waals surface area contributed by atoms with Crippen molar-refractivity contribution in [3.05, 3.63) is 100.0 Å². The number of nitrogens with one attached hydrogen (secondary N) is 1. The Morgan fingerprint density at radius 1 is 1.06 bits per heavy atom. The molecule has 0 bridgehead atoms. The number of hydrogen-bond donors (Lipinski definition) is 1. The Bertz CT molecular complexity index is 1290. The lowest BCUT2D eigenvalue weighted by molar-refractivity contribution is -0.137. The van der Waals surface area contributed by atoms with Crippen LogP contribution in [0.3, 0.4) is 0 Å². The van der Waals surface area contributed by atoms with Crippen LogP contribution in [0.15, 0.2) is 82.6 Å². The van der Waals surface area contributed by atoms with Crippen LogP contribution in [0.2, 0.25) is 0 Å². The minimum Gasteiger partial charge on any atom is -0.350 e. The monoisotopic (exact) mass is 510 g/mol. The highest BCUT2D eigenvalue weighted by molar-refractivity contribution is 8.04. The minimum atomic E-state index is -4.41. The molecular weight excluding hydrogens is 485 g/mol. The van der Waals surface area contributed by atoms with E-state index >= 15 is 0 Å². The van der Waals surface area contributed by atoms with Gasteiger partial charge in [0.25, 0.3) is 11.8 Å². The molecule has 8 heteroatoms. The molecule has 0 spiro atoms. The zero-order valence-electron chi connectivity index (χ0n) is 19.8. The Morgan fingerprint density at radius 2 is 1.75 bits per heavy atom. The van der Waals surface area contributed by atoms with E-state index in [1.807, 2.05) is 25.1 Å². The van der Waals surface area contributed by atoms with Gasteiger partial charge in [-0.05, 0) is 67.3 Å². The normalized spacial score (nSPS) is 15.5. The van der Waals surface area contributed by atoms with Gasteiger partial charge in [-0.15, -0.1) is 0 Å². The van der Waals surface area contributed by atoms with Crippen LogP contribution >= 0.6 is 11.8 Å². The lowest BCUT2D eigenvalue weighted by atomic mass is 10.1. The van der Waals surface area contributed by atoms with Gasteiger partial charge < -0.3 is 10.2 Å². The van der Waals surface area contributed by atoms with Gasteiger partial charge in [-0.3, -0.25) is 9.59 Å². The fraction of sp³-hybridized carbons (Fsp3) is 0.214. The first-order valence-electron chi connectivity index (χ1n) is 11.5. The molecule has 2 amide bonds. The Labute approximate surface area is 212 Å². The van der Waals surface area contributed by atoms with Gasteiger partial charge in [0.1, 0.15) is 0 Å². The van der Waals surface area contributed by atoms with E-state index in [2.05, 4.69) is 17.4 Å². The van der Waals surface area contributed by atoms with Crippen molar-refractivity contribution >= 4 is 35.3 Å². The number of carbonyl (C=O) groups excluding carboxylic acids is 2. The van der Waals surface area contributed by atoms with Crippen LogP contribution in [-0.2, 0) is 17.4 Å². The molecule has 1 heterocycles. The summed E-state index contributed by atoms with van der Waals surface area (Å²) in [5.74, 6) is -0.503. The second-order valence-corrected chi connectivity index (χ2v) is 9.76. The van der Waals surface area contributed by atoms with E-state index in [-0.39, 0.29) is 17.9 Å². The lowest BCUT2D eigenvalue weighted by Gasteiger charge is -2.27. The van der Waals surface area contributed by atoms with Crippen LogP contribution in [0.25, 0.3) is 6.08 Å². The first kappa shape index (κ1) is 25.6. The zero-order chi connectivity index (χ0) is 25.9. The number of benzene rings is 3. The number of amides is 2. The molecular formula is C28H25F3N2O2S. The number of halogens is 3. The van der Waals surface area contributed by atoms with Gasteiger partial charge in [0.2, 0.25) is 0 Å². The van der Waals surface area contributed by atoms with Gasteiger partial charge in [-0.1, -0.05) is 54.2 Å². The number of aryl methyl sites for hydroxylation is 1. The van der Waals surface area contributed by atoms with Crippen LogP contribution in [0.1, 0.15) is 40.4 Å². The predicted molar refractivity (Wildman–Crippen MR) is 137 cm³/mol. The van der Waals surface area contributed by atoms with Gasteiger partial charge >= 0.3 is 6.18 Å². The van der Waals surface area contributed by atoms with Crippen LogP contribution in [-0.4, -0.2) is 24.9 Å². The maximum Gasteiger partial charge on any atom is 0.416 e. The van der Waals surface area contributed by atoms with Gasteiger partial charge in [0, 0.05) is 23.5 Å². The molecule has 1 N–H and O–H groups in total. The van der Waals surface area contributed by atoms with Crippen LogP contribution in [0.5, 0.6) is 0 Å². The van der Waals surface area contributed by atoms with Crippen molar-refractivity contribution in [2.45, 2.75) is 36.9 Å². The third-order valence-corrected chi connectivity index (χ3v) is 7.02. The summed E-state index contributed by atoms with van der Waals surface area (Å²) in [4.78, 5) is 28.4. The molecule has 1 aliphatic heterocycles. The molecule has 0 unspecified atom stereocenters. The van der Waals surface area contributed by atoms with Crippen molar-refractivity contribution in [2.75, 3.05) is 11.9 Å². The first-order valence-corrected chi connectivity index (χ1v) is 12.3. The van der Waals surface area contributed by atoms with Gasteiger partial charge in [0.15, 0.2) is 0 Å². The van der Waals surface area contributed by atoms with E-state index < -0.39 is 11.7 Å². The summed E-state index contributed by atoms with van der Waals surface area (Å²) >= 11 is 1.23. The largest absolute Gasteiger partial charge is 0.416 e. The summed E-state index contributed by atoms with van der Waals surface area (Å²) in [6.45, 7) is 1.96. The van der Waals surface area contributed by atoms with Crippen molar-refractivity contribution in [1.29, 1.82) is 0 Å². The number of rotatable bonds is 6. The topological polar surface area (TPSA) is 49.4 Å². The SMILES string of the molecule is C[C@@H](CCc1ccccc1)NC(=O)c1ccc2c(c1)N(C)C(=O)/C(=C/c1ccc(C(F)(F)F)cc1)S2. The molecule has 4 rings (SSSR count). The highest BCUT2D eigenvalue weighted by Crippen LogP contribution is 2.42. The standard InChI is InChI=1S/C28H25F3N2O2S/c1-18(8-9-19-6-4-3-5-7-19)32-26(34)21-12-15-24-23(17-21)33(2)27(35)25(36-24)16-20-10-13-22(14-11-20)28(29,30)31/h3-7,10-18H,8-9H2,1-2H3,(H,32,34)/b25-16-/t18-/m0/s1. The van der Waals surface area contributed by atoms with Crippen LogP contribution in [0.4, 0.5) is 18.9 Å². The Kier molecular flexibility index (Phi) is 7.54. The number of alkyl halides is 3. The molecule has 0 aliphatic carbocycles. The van der Waals surface area contributed by atoms with E-state index in [1.165, 1.54) is 34.4 Å². The molecule has 0 saturated heterocycles. The third kappa shape index (κ3) is 5.99. The molecule has 0 fully saturated rings. The van der Waals surface area contributed by atoms with E-state index in [4.69, 9.17) is 0 Å². The molecule has 4 nitrogen and oxygen atoms in total. The highest BCUT2D eigenvalue weighted by atomic mass is 32.2. The molecule has 36 heavy (non-hydrogen) atoms. The Hall–Kier alpha value is -3.52. The molecule has 0 radical (unpaired) electrons. The average molecular weight is 511 g/mol. The number of thioether (sulfide) groups is 1. The van der Waals surface area contributed by atoms with E-state index in [0.717, 1.165) is 29.9 Å². The molecule has 0 aromatic heterocycles. The summed E-state index contributed by atoms with van der Waals surface area (Å²) in [6.07, 6.45) is -1.19. The molecule has 0 saturated carbocycles. The van der Waals surface area contributed by atoms with E-state index in [1.54, 1.807) is 31.3 Å². The van der Waals surface area contributed by atoms with Gasteiger partial charge in [-0.25, -0.2) is 0 Å². The maximum absolute atomic E-state index is 13.0. The van der Waals surface area contributed by atoms with E-state index in [9.17, 15) is 22.8 Å². The number of nitrogens with zero attached hydrogens (tertiary/aromatic N) is 1. The minimum absolute atomic E-state index is 0.0271. The zero-order valence-corrected chi connectivity index (χ0v) is 20.6. The summed E-state index contributed by atoms with van der Waals surface area (Å²) < 4.78 is 38.4. The second-order valence-electron chi connectivity index (χ2n) is 8.68. The third-order valence-electron chi connectivity index (χ3n) is 5.94. The number of carbonyl (C=O) groups is 2. The lowest BCUT2D eigenvalue weighted by Crippen LogP contribution is -2.34. The van der Waals surface area contributed by atoms with Crippen molar-refractivity contribution in [3.63, 3.8) is 0 Å². The number of hydrogen-bond acceptors (Lipinski definition) is 3. The van der Waals surface area contributed by atoms with Crippen molar-refractivity contribution in [2.24, 2.45) is 0 Å². The van der Waals surface area contributed by atoms with E-state index in [0.29, 0.717) is 21.7 Å². The maximum atomic E-state index is 13.0. The number of likely N-dealkylation sites (N-methyl/N-ethyl adjacent to an activating group) is 1. The van der Waals surface area contributed by atoms with Crippen molar-refractivity contribution < 1.29 is 22.8 Å². The summed E-state index contributed by atoms with van der Waals surface area (Å²) in [6, 6.07) is 19.9. The first-order chi connectivity index (χ1) is 17.1. The Balaban J connectivity index is 1.45. The molecule has 186 valence electrons. The molecule has 3 aromatic carbocycles. The number of anilines is 1. The average Bonchev–Trinajstić information content (AvgIpc) is 2.86. The quantitative estimate of drug-likeness (QED) is 0.382. The van der Waals surface area contributed by atoms with Crippen LogP contribution in [0, 0.1) is 0 Å². The fourth-order valence-corrected chi connectivity index (χ4v) is 4.95. The van der Waals surface area contributed by atoms with Crippen molar-refractivity contribution in [1.82, 2.24) is 5.32 Å². The van der Waals surface area contributed by atoms with Crippen LogP contribution < -0.4 is 10.2 Å². The Morgan fingerprint density at radius 3 is 2.42 bits per heavy atom. The predicted octanol–water partition coefficient (Wildman–Crippen LogP) is 6.57. The van der Waals surface area contributed by atoms with Crippen molar-refractivity contribution in [3.8, 4) is 0 Å². The highest BCUT2D eigenvalue weighted by Gasteiger charge is 2.30. The fourth-order valence-electron chi connectivity index (χ4n) is 3.86. The summed E-state index contributed by atoms with van der Waals surface area (Å²) in [5, 5.41) is 3.02. The smallest absolute Gasteiger partial charge is 0.350 e. The van der Waals surface area contributed by atoms with Gasteiger partial charge in [-0.2, -0.15) is 13.2 Å².